The summed E-state index contributed by atoms with van der Waals surface area (Å²) in [7, 11) is 1.54. The van der Waals surface area contributed by atoms with E-state index >= 15 is 0 Å². The SMILES string of the molecule is CN1C(=O)[C@H]2CN(CC(=O)N3CCNCC3)C[C@H]2C1=O. The van der Waals surface area contributed by atoms with Crippen molar-refractivity contribution in [1.29, 1.82) is 0 Å². The lowest BCUT2D eigenvalue weighted by atomic mass is 10.00. The van der Waals surface area contributed by atoms with E-state index in [0.29, 0.717) is 19.6 Å². The number of nitrogens with zero attached hydrogens (tertiary/aromatic N) is 3. The van der Waals surface area contributed by atoms with Gasteiger partial charge in [0.05, 0.1) is 18.4 Å². The molecule has 3 amide bonds. The highest BCUT2D eigenvalue weighted by molar-refractivity contribution is 6.05. The van der Waals surface area contributed by atoms with Crippen molar-refractivity contribution in [2.24, 2.45) is 11.8 Å². The van der Waals surface area contributed by atoms with Crippen molar-refractivity contribution >= 4 is 17.7 Å². The zero-order valence-electron chi connectivity index (χ0n) is 11.7. The average Bonchev–Trinajstić information content (AvgIpc) is 2.96. The quantitative estimate of drug-likeness (QED) is 0.590. The van der Waals surface area contributed by atoms with Crippen LogP contribution >= 0.6 is 0 Å². The van der Waals surface area contributed by atoms with E-state index < -0.39 is 0 Å². The van der Waals surface area contributed by atoms with E-state index in [2.05, 4.69) is 5.32 Å². The number of likely N-dealkylation sites (tertiary alicyclic amines) is 2. The van der Waals surface area contributed by atoms with Gasteiger partial charge in [-0.3, -0.25) is 24.2 Å². The lowest BCUT2D eigenvalue weighted by Crippen LogP contribution is -2.49. The highest BCUT2D eigenvalue weighted by Gasteiger charge is 2.51. The van der Waals surface area contributed by atoms with Crippen LogP contribution in [0.5, 0.6) is 0 Å². The van der Waals surface area contributed by atoms with Crippen LogP contribution in [-0.4, -0.2) is 85.3 Å². The molecule has 0 aliphatic carbocycles. The molecular weight excluding hydrogens is 260 g/mol. The Kier molecular flexibility index (Phi) is 3.47. The molecule has 3 heterocycles. The van der Waals surface area contributed by atoms with Crippen LogP contribution in [-0.2, 0) is 14.4 Å². The Morgan fingerprint density at radius 1 is 1.15 bits per heavy atom. The Bertz CT molecular complexity index is 423. The van der Waals surface area contributed by atoms with Crippen LogP contribution in [0.15, 0.2) is 0 Å². The molecule has 0 radical (unpaired) electrons. The molecule has 3 fully saturated rings. The van der Waals surface area contributed by atoms with Gasteiger partial charge in [0.1, 0.15) is 0 Å². The van der Waals surface area contributed by atoms with E-state index in [1.807, 2.05) is 9.80 Å². The van der Waals surface area contributed by atoms with Crippen LogP contribution in [0, 0.1) is 11.8 Å². The molecule has 110 valence electrons. The number of nitrogens with one attached hydrogen (secondary N) is 1. The first-order chi connectivity index (χ1) is 9.58. The Hall–Kier alpha value is -1.47. The predicted molar refractivity (Wildman–Crippen MR) is 70.6 cm³/mol. The topological polar surface area (TPSA) is 73.0 Å². The minimum atomic E-state index is -0.247. The molecule has 0 saturated carbocycles. The zero-order valence-corrected chi connectivity index (χ0v) is 11.7. The van der Waals surface area contributed by atoms with Gasteiger partial charge >= 0.3 is 0 Å². The molecule has 3 rings (SSSR count). The number of carbonyl (C=O) groups excluding carboxylic acids is 3. The Morgan fingerprint density at radius 2 is 1.70 bits per heavy atom. The van der Waals surface area contributed by atoms with E-state index in [4.69, 9.17) is 0 Å². The highest BCUT2D eigenvalue weighted by atomic mass is 16.2. The standard InChI is InChI=1S/C13H20N4O3/c1-15-12(19)9-6-16(7-10(9)13(15)20)8-11(18)17-4-2-14-3-5-17/h9-10,14H,2-8H2,1H3/t9-,10+. The Morgan fingerprint density at radius 3 is 2.25 bits per heavy atom. The molecule has 3 aliphatic heterocycles. The zero-order chi connectivity index (χ0) is 14.3. The molecule has 0 spiro atoms. The van der Waals surface area contributed by atoms with Gasteiger partial charge in [-0.2, -0.15) is 0 Å². The molecular formula is C13H20N4O3. The maximum Gasteiger partial charge on any atom is 0.236 e. The van der Waals surface area contributed by atoms with E-state index in [1.165, 1.54) is 4.90 Å². The molecule has 0 unspecified atom stereocenters. The average molecular weight is 280 g/mol. The molecule has 0 aromatic carbocycles. The highest BCUT2D eigenvalue weighted by Crippen LogP contribution is 2.32. The van der Waals surface area contributed by atoms with Crippen LogP contribution in [0.1, 0.15) is 0 Å². The second kappa shape index (κ2) is 5.14. The Balaban J connectivity index is 1.57. The molecule has 1 N–H and O–H groups in total. The number of hydrogen-bond acceptors (Lipinski definition) is 5. The molecule has 0 aromatic rings. The van der Waals surface area contributed by atoms with Gasteiger partial charge in [-0.15, -0.1) is 0 Å². The van der Waals surface area contributed by atoms with Gasteiger partial charge in [-0.1, -0.05) is 0 Å². The van der Waals surface area contributed by atoms with Gasteiger partial charge in [0.2, 0.25) is 17.7 Å². The van der Waals surface area contributed by atoms with Crippen molar-refractivity contribution in [3.63, 3.8) is 0 Å². The molecule has 0 aromatic heterocycles. The number of piperazine rings is 1. The van der Waals surface area contributed by atoms with Crippen LogP contribution in [0.3, 0.4) is 0 Å². The van der Waals surface area contributed by atoms with Crippen molar-refractivity contribution in [2.45, 2.75) is 0 Å². The summed E-state index contributed by atoms with van der Waals surface area (Å²) in [4.78, 5) is 41.0. The first-order valence-corrected chi connectivity index (χ1v) is 7.10. The van der Waals surface area contributed by atoms with Crippen LogP contribution in [0.25, 0.3) is 0 Å². The summed E-state index contributed by atoms with van der Waals surface area (Å²) in [6.45, 7) is 4.50. The summed E-state index contributed by atoms with van der Waals surface area (Å²) in [5.74, 6) is -0.597. The lowest BCUT2D eigenvalue weighted by molar-refractivity contribution is -0.140. The largest absolute Gasteiger partial charge is 0.339 e. The van der Waals surface area contributed by atoms with Crippen LogP contribution in [0.4, 0.5) is 0 Å². The van der Waals surface area contributed by atoms with E-state index in [0.717, 1.165) is 26.2 Å². The third-order valence-electron chi connectivity index (χ3n) is 4.52. The monoisotopic (exact) mass is 280 g/mol. The first-order valence-electron chi connectivity index (χ1n) is 7.10. The number of rotatable bonds is 2. The van der Waals surface area contributed by atoms with Crippen molar-refractivity contribution in [2.75, 3.05) is 52.9 Å². The second-order valence-corrected chi connectivity index (χ2v) is 5.77. The fourth-order valence-corrected chi connectivity index (χ4v) is 3.33. The van der Waals surface area contributed by atoms with Crippen molar-refractivity contribution in [3.05, 3.63) is 0 Å². The summed E-state index contributed by atoms with van der Waals surface area (Å²) in [6, 6.07) is 0. The van der Waals surface area contributed by atoms with E-state index in [1.54, 1.807) is 7.05 Å². The third-order valence-corrected chi connectivity index (χ3v) is 4.52. The van der Waals surface area contributed by atoms with Crippen LogP contribution < -0.4 is 5.32 Å². The summed E-state index contributed by atoms with van der Waals surface area (Å²) >= 11 is 0. The first kappa shape index (κ1) is 13.5. The maximum atomic E-state index is 12.2. The van der Waals surface area contributed by atoms with Gasteiger partial charge in [-0.25, -0.2) is 0 Å². The normalized spacial score (nSPS) is 31.1. The summed E-state index contributed by atoms with van der Waals surface area (Å²) in [6.07, 6.45) is 0. The molecule has 20 heavy (non-hydrogen) atoms. The lowest BCUT2D eigenvalue weighted by Gasteiger charge is -2.29. The van der Waals surface area contributed by atoms with E-state index in [9.17, 15) is 14.4 Å². The number of amides is 3. The molecule has 3 saturated heterocycles. The smallest absolute Gasteiger partial charge is 0.236 e. The Labute approximate surface area is 117 Å². The van der Waals surface area contributed by atoms with Crippen molar-refractivity contribution in [3.8, 4) is 0 Å². The molecule has 7 heteroatoms. The number of imide groups is 1. The van der Waals surface area contributed by atoms with Crippen LogP contribution in [0.2, 0.25) is 0 Å². The van der Waals surface area contributed by atoms with Gasteiger partial charge in [-0.05, 0) is 0 Å². The number of hydrogen-bond donors (Lipinski definition) is 1. The van der Waals surface area contributed by atoms with E-state index in [-0.39, 0.29) is 29.6 Å². The molecule has 0 bridgehead atoms. The van der Waals surface area contributed by atoms with Crippen molar-refractivity contribution in [1.82, 2.24) is 20.0 Å². The molecule has 7 nitrogen and oxygen atoms in total. The fourth-order valence-electron chi connectivity index (χ4n) is 3.33. The molecule has 2 atom stereocenters. The minimum Gasteiger partial charge on any atom is -0.339 e. The summed E-state index contributed by atoms with van der Waals surface area (Å²) in [5, 5.41) is 3.21. The van der Waals surface area contributed by atoms with Gasteiger partial charge in [0, 0.05) is 46.3 Å². The maximum absolute atomic E-state index is 12.2. The van der Waals surface area contributed by atoms with Gasteiger partial charge in [0.15, 0.2) is 0 Å². The second-order valence-electron chi connectivity index (χ2n) is 5.77. The summed E-state index contributed by atoms with van der Waals surface area (Å²) in [5.41, 5.74) is 0. The van der Waals surface area contributed by atoms with Gasteiger partial charge < -0.3 is 10.2 Å². The predicted octanol–water partition coefficient (Wildman–Crippen LogP) is -2.04. The van der Waals surface area contributed by atoms with Gasteiger partial charge in [0.25, 0.3) is 0 Å². The number of fused-ring (bicyclic) bond motifs is 1. The fraction of sp³-hybridized carbons (Fsp3) is 0.769. The third kappa shape index (κ3) is 2.20. The minimum absolute atomic E-state index is 0.0970. The summed E-state index contributed by atoms with van der Waals surface area (Å²) < 4.78 is 0. The molecule has 3 aliphatic rings. The number of carbonyl (C=O) groups is 3. The van der Waals surface area contributed by atoms with Crippen molar-refractivity contribution < 1.29 is 14.4 Å².